The van der Waals surface area contributed by atoms with Gasteiger partial charge in [-0.15, -0.1) is 0 Å². The van der Waals surface area contributed by atoms with Crippen LogP contribution in [0.4, 0.5) is 0 Å². The van der Waals surface area contributed by atoms with E-state index in [1.54, 1.807) is 7.11 Å². The van der Waals surface area contributed by atoms with Crippen LogP contribution in [0.5, 0.6) is 5.75 Å². The Morgan fingerprint density at radius 2 is 2.09 bits per heavy atom. The van der Waals surface area contributed by atoms with Gasteiger partial charge in [0.1, 0.15) is 5.75 Å². The van der Waals surface area contributed by atoms with E-state index in [4.69, 9.17) is 4.74 Å². The van der Waals surface area contributed by atoms with Crippen molar-refractivity contribution < 1.29 is 4.74 Å². The van der Waals surface area contributed by atoms with Crippen molar-refractivity contribution in [3.63, 3.8) is 0 Å². The quantitative estimate of drug-likeness (QED) is 0.814. The first-order valence-electron chi connectivity index (χ1n) is 8.07. The molecule has 1 heterocycles. The summed E-state index contributed by atoms with van der Waals surface area (Å²) in [5.74, 6) is 0.931. The minimum absolute atomic E-state index is 0.340. The van der Waals surface area contributed by atoms with Gasteiger partial charge in [-0.05, 0) is 49.9 Å². The predicted molar refractivity (Wildman–Crippen MR) is 88.2 cm³/mol. The topological polar surface area (TPSA) is 39.1 Å². The van der Waals surface area contributed by atoms with E-state index in [9.17, 15) is 0 Å². The molecule has 1 aliphatic rings. The largest absolute Gasteiger partial charge is 0.497 e. The smallest absolute Gasteiger partial charge is 0.118 e. The van der Waals surface area contributed by atoms with E-state index in [1.165, 1.54) is 18.4 Å². The Labute approximate surface area is 132 Å². The zero-order valence-corrected chi connectivity index (χ0v) is 13.5. The molecule has 1 aromatic carbocycles. The van der Waals surface area contributed by atoms with Gasteiger partial charge in [0, 0.05) is 36.9 Å². The van der Waals surface area contributed by atoms with Crippen LogP contribution < -0.4 is 10.1 Å². The van der Waals surface area contributed by atoms with Crippen LogP contribution in [-0.4, -0.2) is 29.5 Å². The number of nitrogens with one attached hydrogen (secondary N) is 1. The molecule has 1 N–H and O–H groups in total. The van der Waals surface area contributed by atoms with Gasteiger partial charge in [0.25, 0.3) is 0 Å². The van der Waals surface area contributed by atoms with E-state index < -0.39 is 0 Å². The van der Waals surface area contributed by atoms with E-state index in [2.05, 4.69) is 41.6 Å². The van der Waals surface area contributed by atoms with Crippen LogP contribution in [0.25, 0.3) is 0 Å². The number of nitrogens with zero attached hydrogens (tertiary/aromatic N) is 2. The van der Waals surface area contributed by atoms with Crippen molar-refractivity contribution in [3.8, 4) is 5.75 Å². The van der Waals surface area contributed by atoms with Gasteiger partial charge in [0.15, 0.2) is 0 Å². The molecule has 0 aliphatic heterocycles. The molecule has 0 bridgehead atoms. The molecule has 4 heteroatoms. The highest BCUT2D eigenvalue weighted by Gasteiger charge is 2.43. The number of methoxy groups -OCH3 is 1. The number of ether oxygens (including phenoxy) is 1. The third-order valence-corrected chi connectivity index (χ3v) is 4.70. The normalized spacial score (nSPS) is 17.2. The monoisotopic (exact) mass is 299 g/mol. The van der Waals surface area contributed by atoms with E-state index in [1.807, 2.05) is 23.1 Å². The lowest BCUT2D eigenvalue weighted by Crippen LogP contribution is -2.34. The van der Waals surface area contributed by atoms with E-state index in [-0.39, 0.29) is 0 Å². The average Bonchev–Trinajstić information content (AvgIpc) is 3.17. The van der Waals surface area contributed by atoms with E-state index in [0.29, 0.717) is 11.5 Å². The lowest BCUT2D eigenvalue weighted by atomic mass is 9.95. The van der Waals surface area contributed by atoms with Gasteiger partial charge in [0.05, 0.1) is 7.11 Å². The van der Waals surface area contributed by atoms with Crippen LogP contribution >= 0.6 is 0 Å². The number of hydrogen-bond donors (Lipinski definition) is 1. The maximum absolute atomic E-state index is 5.24. The summed E-state index contributed by atoms with van der Waals surface area (Å²) in [6, 6.07) is 11.0. The summed E-state index contributed by atoms with van der Waals surface area (Å²) in [5.41, 5.74) is 1.77. The first-order chi connectivity index (χ1) is 10.7. The summed E-state index contributed by atoms with van der Waals surface area (Å²) in [6.07, 6.45) is 7.50. The fourth-order valence-corrected chi connectivity index (χ4v) is 2.89. The highest BCUT2D eigenvalue weighted by molar-refractivity contribution is 5.36. The number of hydrogen-bond acceptors (Lipinski definition) is 3. The third-order valence-electron chi connectivity index (χ3n) is 4.70. The number of benzene rings is 1. The van der Waals surface area contributed by atoms with Gasteiger partial charge in [-0.2, -0.15) is 5.10 Å². The lowest BCUT2D eigenvalue weighted by molar-refractivity contribution is 0.413. The molecule has 1 atom stereocenters. The summed E-state index contributed by atoms with van der Waals surface area (Å²) in [6.45, 7) is 4.28. The van der Waals surface area contributed by atoms with Crippen LogP contribution in [0.1, 0.15) is 31.7 Å². The average molecular weight is 299 g/mol. The van der Waals surface area contributed by atoms with Gasteiger partial charge < -0.3 is 10.1 Å². The summed E-state index contributed by atoms with van der Waals surface area (Å²) in [5, 5.41) is 7.95. The van der Waals surface area contributed by atoms with Crippen molar-refractivity contribution >= 4 is 0 Å². The van der Waals surface area contributed by atoms with Gasteiger partial charge >= 0.3 is 0 Å². The number of aryl methyl sites for hydroxylation is 1. The van der Waals surface area contributed by atoms with Crippen LogP contribution in [0.3, 0.4) is 0 Å². The number of aromatic nitrogens is 2. The van der Waals surface area contributed by atoms with E-state index >= 15 is 0 Å². The van der Waals surface area contributed by atoms with Crippen LogP contribution in [0, 0.1) is 0 Å². The number of rotatable bonds is 8. The van der Waals surface area contributed by atoms with Crippen molar-refractivity contribution in [2.75, 3.05) is 13.7 Å². The molecule has 1 aliphatic carbocycles. The summed E-state index contributed by atoms with van der Waals surface area (Å²) in [7, 11) is 1.71. The Hall–Kier alpha value is -1.81. The molecule has 118 valence electrons. The van der Waals surface area contributed by atoms with Crippen LogP contribution in [0.2, 0.25) is 0 Å². The Bertz CT molecular complexity index is 573. The second-order valence-electron chi connectivity index (χ2n) is 6.35. The zero-order valence-electron chi connectivity index (χ0n) is 13.5. The molecule has 0 saturated heterocycles. The van der Waals surface area contributed by atoms with Gasteiger partial charge in [-0.25, -0.2) is 0 Å². The second-order valence-corrected chi connectivity index (χ2v) is 6.35. The fraction of sp³-hybridized carbons (Fsp3) is 0.500. The fourth-order valence-electron chi connectivity index (χ4n) is 2.89. The highest BCUT2D eigenvalue weighted by atomic mass is 16.5. The Morgan fingerprint density at radius 3 is 2.68 bits per heavy atom. The van der Waals surface area contributed by atoms with Gasteiger partial charge in [0.2, 0.25) is 0 Å². The molecular weight excluding hydrogens is 274 g/mol. The summed E-state index contributed by atoms with van der Waals surface area (Å²) < 4.78 is 7.24. The third kappa shape index (κ3) is 3.50. The molecule has 1 aromatic heterocycles. The van der Waals surface area contributed by atoms with Crippen molar-refractivity contribution in [3.05, 3.63) is 48.3 Å². The predicted octanol–water partition coefficient (Wildman–Crippen LogP) is 2.99. The minimum Gasteiger partial charge on any atom is -0.497 e. The SMILES string of the molecule is COc1ccc(C2(CNC(C)CCn3cccn3)CC2)cc1. The molecular formula is C18H25N3O. The second kappa shape index (κ2) is 6.53. The van der Waals surface area contributed by atoms with Gasteiger partial charge in [-0.1, -0.05) is 12.1 Å². The van der Waals surface area contributed by atoms with Crippen molar-refractivity contribution in [1.29, 1.82) is 0 Å². The van der Waals surface area contributed by atoms with Crippen LogP contribution in [-0.2, 0) is 12.0 Å². The van der Waals surface area contributed by atoms with E-state index in [0.717, 1.165) is 25.3 Å². The molecule has 0 spiro atoms. The molecule has 2 aromatic rings. The molecule has 4 nitrogen and oxygen atoms in total. The summed E-state index contributed by atoms with van der Waals surface area (Å²) in [4.78, 5) is 0. The molecule has 3 rings (SSSR count). The standard InChI is InChI=1S/C18H25N3O/c1-15(8-13-21-12-3-11-20-21)19-14-18(9-10-18)16-4-6-17(22-2)7-5-16/h3-7,11-12,15,19H,8-10,13-14H2,1-2H3. The zero-order chi connectivity index (χ0) is 15.4. The molecule has 1 unspecified atom stereocenters. The van der Waals surface area contributed by atoms with Crippen molar-refractivity contribution in [2.24, 2.45) is 0 Å². The molecule has 22 heavy (non-hydrogen) atoms. The first kappa shape index (κ1) is 15.1. The van der Waals surface area contributed by atoms with Crippen molar-refractivity contribution in [2.45, 2.75) is 44.2 Å². The molecule has 0 radical (unpaired) electrons. The van der Waals surface area contributed by atoms with Gasteiger partial charge in [-0.3, -0.25) is 4.68 Å². The molecule has 1 saturated carbocycles. The minimum atomic E-state index is 0.340. The van der Waals surface area contributed by atoms with Crippen molar-refractivity contribution in [1.82, 2.24) is 15.1 Å². The Kier molecular flexibility index (Phi) is 4.48. The first-order valence-corrected chi connectivity index (χ1v) is 8.07. The summed E-state index contributed by atoms with van der Waals surface area (Å²) >= 11 is 0. The highest BCUT2D eigenvalue weighted by Crippen LogP contribution is 2.48. The maximum atomic E-state index is 5.24. The molecule has 1 fully saturated rings. The lowest BCUT2D eigenvalue weighted by Gasteiger charge is -2.21. The Balaban J connectivity index is 1.49. The molecule has 0 amide bonds. The Morgan fingerprint density at radius 1 is 1.32 bits per heavy atom. The maximum Gasteiger partial charge on any atom is 0.118 e. The van der Waals surface area contributed by atoms with Crippen LogP contribution in [0.15, 0.2) is 42.7 Å².